The summed E-state index contributed by atoms with van der Waals surface area (Å²) in [7, 11) is 1.75. The highest BCUT2D eigenvalue weighted by Gasteiger charge is 2.35. The van der Waals surface area contributed by atoms with Crippen LogP contribution in [-0.2, 0) is 18.4 Å². The molecule has 3 rings (SSSR count). The van der Waals surface area contributed by atoms with E-state index in [-0.39, 0.29) is 17.7 Å². The molecule has 2 aromatic heterocycles. The minimum atomic E-state index is -0.0526. The number of carbonyl (C=O) groups excluding carboxylic acids is 1. The third kappa shape index (κ3) is 2.90. The molecule has 0 unspecified atom stereocenters. The summed E-state index contributed by atoms with van der Waals surface area (Å²) in [5, 5.41) is 14.1. The minimum Gasteiger partial charge on any atom is -0.356 e. The number of nitrogens with zero attached hydrogens (tertiary/aromatic N) is 6. The number of aromatic nitrogens is 5. The summed E-state index contributed by atoms with van der Waals surface area (Å²) in [5.74, 6) is 1.82. The van der Waals surface area contributed by atoms with Gasteiger partial charge in [-0.2, -0.15) is 0 Å². The van der Waals surface area contributed by atoms with Crippen LogP contribution in [0.5, 0.6) is 0 Å². The zero-order valence-corrected chi connectivity index (χ0v) is 12.7. The van der Waals surface area contributed by atoms with Crippen molar-refractivity contribution < 1.29 is 4.79 Å². The molecule has 8 nitrogen and oxygen atoms in total. The Morgan fingerprint density at radius 1 is 1.41 bits per heavy atom. The zero-order valence-electron chi connectivity index (χ0n) is 12.7. The molecule has 1 saturated heterocycles. The quantitative estimate of drug-likeness (QED) is 0.854. The van der Waals surface area contributed by atoms with Gasteiger partial charge in [0.25, 0.3) is 0 Å². The van der Waals surface area contributed by atoms with Gasteiger partial charge in [0, 0.05) is 26.3 Å². The van der Waals surface area contributed by atoms with E-state index in [1.807, 2.05) is 18.2 Å². The van der Waals surface area contributed by atoms with Gasteiger partial charge in [0.1, 0.15) is 5.82 Å². The Kier molecular flexibility index (Phi) is 3.99. The first-order valence-electron chi connectivity index (χ1n) is 7.30. The molecule has 2 atom stereocenters. The number of rotatable bonds is 4. The molecule has 0 bridgehead atoms. The monoisotopic (exact) mass is 301 g/mol. The minimum absolute atomic E-state index is 0.0360. The van der Waals surface area contributed by atoms with Crippen LogP contribution in [0.2, 0.25) is 0 Å². The molecule has 8 heteroatoms. The molecule has 0 saturated carbocycles. The highest BCUT2D eigenvalue weighted by molar-refractivity contribution is 5.80. The van der Waals surface area contributed by atoms with Gasteiger partial charge in [-0.1, -0.05) is 13.0 Å². The number of aryl methyl sites for hydroxylation is 1. The number of tetrazole rings is 1. The van der Waals surface area contributed by atoms with Gasteiger partial charge in [-0.15, -0.1) is 5.10 Å². The van der Waals surface area contributed by atoms with Gasteiger partial charge in [0.15, 0.2) is 5.82 Å². The van der Waals surface area contributed by atoms with Crippen LogP contribution in [0.1, 0.15) is 12.7 Å². The maximum Gasteiger partial charge on any atom is 0.225 e. The summed E-state index contributed by atoms with van der Waals surface area (Å²) in [6, 6.07) is 5.82. The van der Waals surface area contributed by atoms with Crippen molar-refractivity contribution in [3.05, 3.63) is 30.2 Å². The Morgan fingerprint density at radius 3 is 2.95 bits per heavy atom. The number of anilines is 1. The summed E-state index contributed by atoms with van der Waals surface area (Å²) in [6.07, 6.45) is 1.77. The smallest absolute Gasteiger partial charge is 0.225 e. The van der Waals surface area contributed by atoms with Crippen LogP contribution in [0.15, 0.2) is 24.4 Å². The molecule has 1 aliphatic rings. The second-order valence-corrected chi connectivity index (χ2v) is 5.61. The third-order valence-corrected chi connectivity index (χ3v) is 4.05. The lowest BCUT2D eigenvalue weighted by Gasteiger charge is -2.16. The van der Waals surface area contributed by atoms with Crippen molar-refractivity contribution in [3.63, 3.8) is 0 Å². The molecule has 1 N–H and O–H groups in total. The lowest BCUT2D eigenvalue weighted by Crippen LogP contribution is -2.35. The molecule has 22 heavy (non-hydrogen) atoms. The van der Waals surface area contributed by atoms with Crippen molar-refractivity contribution >= 4 is 11.7 Å². The SMILES string of the molecule is C[C@@H]1CN(c2ccccn2)C[C@H]1C(=O)NCc1nnnn1C. The maximum absolute atomic E-state index is 12.4. The van der Waals surface area contributed by atoms with Crippen LogP contribution in [-0.4, -0.2) is 44.2 Å². The summed E-state index contributed by atoms with van der Waals surface area (Å²) < 4.78 is 1.55. The van der Waals surface area contributed by atoms with Gasteiger partial charge >= 0.3 is 0 Å². The Bertz CT molecular complexity index is 642. The lowest BCUT2D eigenvalue weighted by atomic mass is 9.97. The van der Waals surface area contributed by atoms with Crippen LogP contribution in [0.25, 0.3) is 0 Å². The molecular weight excluding hydrogens is 282 g/mol. The second-order valence-electron chi connectivity index (χ2n) is 5.61. The number of carbonyl (C=O) groups is 1. The Hall–Kier alpha value is -2.51. The van der Waals surface area contributed by atoms with Gasteiger partial charge in [-0.3, -0.25) is 4.79 Å². The van der Waals surface area contributed by atoms with Crippen molar-refractivity contribution in [1.82, 2.24) is 30.5 Å². The number of hydrogen-bond donors (Lipinski definition) is 1. The van der Waals surface area contributed by atoms with Gasteiger partial charge in [-0.05, 0) is 28.5 Å². The lowest BCUT2D eigenvalue weighted by molar-refractivity contribution is -0.125. The first-order chi connectivity index (χ1) is 10.6. The third-order valence-electron chi connectivity index (χ3n) is 4.05. The normalized spacial score (nSPS) is 21.1. The van der Waals surface area contributed by atoms with Crippen molar-refractivity contribution in [2.24, 2.45) is 18.9 Å². The van der Waals surface area contributed by atoms with Crippen molar-refractivity contribution in [3.8, 4) is 0 Å². The molecule has 3 heterocycles. The van der Waals surface area contributed by atoms with E-state index in [2.05, 4.69) is 37.6 Å². The van der Waals surface area contributed by atoms with E-state index in [0.29, 0.717) is 18.9 Å². The predicted molar refractivity (Wildman–Crippen MR) is 79.7 cm³/mol. The molecule has 116 valence electrons. The van der Waals surface area contributed by atoms with Crippen molar-refractivity contribution in [2.45, 2.75) is 13.5 Å². The van der Waals surface area contributed by atoms with Crippen molar-refractivity contribution in [2.75, 3.05) is 18.0 Å². The Morgan fingerprint density at radius 2 is 2.27 bits per heavy atom. The van der Waals surface area contributed by atoms with Crippen LogP contribution in [0, 0.1) is 11.8 Å². The molecule has 0 aliphatic carbocycles. The summed E-state index contributed by atoms with van der Waals surface area (Å²) in [4.78, 5) is 18.9. The Labute approximate surface area is 128 Å². The molecule has 0 aromatic carbocycles. The van der Waals surface area contributed by atoms with E-state index in [1.165, 1.54) is 0 Å². The molecule has 0 radical (unpaired) electrons. The van der Waals surface area contributed by atoms with E-state index in [4.69, 9.17) is 0 Å². The van der Waals surface area contributed by atoms with Crippen LogP contribution >= 0.6 is 0 Å². The summed E-state index contributed by atoms with van der Waals surface area (Å²) in [6.45, 7) is 3.95. The van der Waals surface area contributed by atoms with Crippen LogP contribution < -0.4 is 10.2 Å². The first kappa shape index (κ1) is 14.4. The molecule has 0 spiro atoms. The highest BCUT2D eigenvalue weighted by Crippen LogP contribution is 2.26. The van der Waals surface area contributed by atoms with Gasteiger partial charge < -0.3 is 10.2 Å². The van der Waals surface area contributed by atoms with E-state index in [9.17, 15) is 4.79 Å². The zero-order chi connectivity index (χ0) is 15.5. The number of nitrogens with one attached hydrogen (secondary N) is 1. The fourth-order valence-corrected chi connectivity index (χ4v) is 2.73. The summed E-state index contributed by atoms with van der Waals surface area (Å²) in [5.41, 5.74) is 0. The fraction of sp³-hybridized carbons (Fsp3) is 0.500. The van der Waals surface area contributed by atoms with E-state index < -0.39 is 0 Å². The number of pyridine rings is 1. The van der Waals surface area contributed by atoms with E-state index in [0.717, 1.165) is 12.4 Å². The largest absolute Gasteiger partial charge is 0.356 e. The topological polar surface area (TPSA) is 88.8 Å². The second kappa shape index (κ2) is 6.08. The average Bonchev–Trinajstić information content (AvgIpc) is 3.12. The predicted octanol–water partition coefficient (Wildman–Crippen LogP) is -0.00620. The molecule has 1 aliphatic heterocycles. The number of hydrogen-bond acceptors (Lipinski definition) is 6. The van der Waals surface area contributed by atoms with Gasteiger partial charge in [-0.25, -0.2) is 9.67 Å². The van der Waals surface area contributed by atoms with Gasteiger partial charge in [0.05, 0.1) is 12.5 Å². The first-order valence-corrected chi connectivity index (χ1v) is 7.30. The van der Waals surface area contributed by atoms with Crippen LogP contribution in [0.4, 0.5) is 5.82 Å². The summed E-state index contributed by atoms with van der Waals surface area (Å²) >= 11 is 0. The molecule has 1 fully saturated rings. The number of amides is 1. The van der Waals surface area contributed by atoms with E-state index in [1.54, 1.807) is 17.9 Å². The molecule has 2 aromatic rings. The molecule has 1 amide bonds. The Balaban J connectivity index is 1.60. The average molecular weight is 301 g/mol. The maximum atomic E-state index is 12.4. The highest BCUT2D eigenvalue weighted by atomic mass is 16.2. The van der Waals surface area contributed by atoms with E-state index >= 15 is 0 Å². The van der Waals surface area contributed by atoms with Gasteiger partial charge in [0.2, 0.25) is 5.91 Å². The fourth-order valence-electron chi connectivity index (χ4n) is 2.73. The standard InChI is InChI=1S/C14H19N7O/c1-10-8-21(12-5-3-4-6-15-12)9-11(10)14(22)16-7-13-17-18-19-20(13)2/h3-6,10-11H,7-9H2,1-2H3,(H,16,22)/t10-,11-/m1/s1. The molecular formula is C14H19N7O. The van der Waals surface area contributed by atoms with Crippen LogP contribution in [0.3, 0.4) is 0 Å². The van der Waals surface area contributed by atoms with Crippen molar-refractivity contribution in [1.29, 1.82) is 0 Å².